The predicted octanol–water partition coefficient (Wildman–Crippen LogP) is 3.50. The first-order chi connectivity index (χ1) is 9.24. The number of hydrogen-bond donors (Lipinski definition) is 1. The number of thiophene rings is 1. The number of benzene rings is 1. The van der Waals surface area contributed by atoms with E-state index in [0.29, 0.717) is 11.1 Å². The Labute approximate surface area is 116 Å². The van der Waals surface area contributed by atoms with E-state index in [2.05, 4.69) is 5.32 Å². The molecule has 1 aromatic carbocycles. The van der Waals surface area contributed by atoms with Gasteiger partial charge in [-0.25, -0.2) is 0 Å². The lowest BCUT2D eigenvalue weighted by Crippen LogP contribution is -2.27. The van der Waals surface area contributed by atoms with Crippen molar-refractivity contribution in [2.75, 3.05) is 0 Å². The predicted molar refractivity (Wildman–Crippen MR) is 76.0 cm³/mol. The minimum Gasteiger partial charge on any atom is -0.344 e. The van der Waals surface area contributed by atoms with Crippen molar-refractivity contribution in [2.45, 2.75) is 19.4 Å². The standard InChI is InChI=1S/C15H14N2OS/c1-2-13(14-7-4-8-19-14)17-15(18)12-6-3-5-11(9-12)10-16/h3-9,13H,2H2,1H3,(H,17,18). The molecule has 1 N–H and O–H groups in total. The van der Waals surface area contributed by atoms with Crippen molar-refractivity contribution in [2.24, 2.45) is 0 Å². The number of nitrogens with zero attached hydrogens (tertiary/aromatic N) is 1. The van der Waals surface area contributed by atoms with Gasteiger partial charge in [0.05, 0.1) is 17.7 Å². The lowest BCUT2D eigenvalue weighted by Gasteiger charge is -2.15. The van der Waals surface area contributed by atoms with Gasteiger partial charge in [0, 0.05) is 10.4 Å². The van der Waals surface area contributed by atoms with Gasteiger partial charge in [-0.3, -0.25) is 4.79 Å². The number of carbonyl (C=O) groups excluding carboxylic acids is 1. The van der Waals surface area contributed by atoms with Gasteiger partial charge in [-0.2, -0.15) is 5.26 Å². The average molecular weight is 270 g/mol. The van der Waals surface area contributed by atoms with E-state index >= 15 is 0 Å². The summed E-state index contributed by atoms with van der Waals surface area (Å²) in [6.07, 6.45) is 0.837. The largest absolute Gasteiger partial charge is 0.344 e. The van der Waals surface area contributed by atoms with Crippen molar-refractivity contribution in [3.63, 3.8) is 0 Å². The Morgan fingerprint density at radius 1 is 1.42 bits per heavy atom. The van der Waals surface area contributed by atoms with Gasteiger partial charge in [0.15, 0.2) is 0 Å². The van der Waals surface area contributed by atoms with Crippen molar-refractivity contribution < 1.29 is 4.79 Å². The molecule has 2 rings (SSSR count). The van der Waals surface area contributed by atoms with Gasteiger partial charge in [-0.1, -0.05) is 19.1 Å². The lowest BCUT2D eigenvalue weighted by molar-refractivity contribution is 0.0936. The Hall–Kier alpha value is -2.12. The van der Waals surface area contributed by atoms with E-state index in [1.54, 1.807) is 35.6 Å². The van der Waals surface area contributed by atoms with Crippen LogP contribution in [0.2, 0.25) is 0 Å². The highest BCUT2D eigenvalue weighted by atomic mass is 32.1. The van der Waals surface area contributed by atoms with Crippen molar-refractivity contribution >= 4 is 17.2 Å². The van der Waals surface area contributed by atoms with Crippen LogP contribution in [0.25, 0.3) is 0 Å². The van der Waals surface area contributed by atoms with Crippen LogP contribution in [0.3, 0.4) is 0 Å². The molecule has 19 heavy (non-hydrogen) atoms. The monoisotopic (exact) mass is 270 g/mol. The van der Waals surface area contributed by atoms with Gasteiger partial charge in [-0.05, 0) is 36.1 Å². The molecule has 0 spiro atoms. The second-order valence-electron chi connectivity index (χ2n) is 4.14. The highest BCUT2D eigenvalue weighted by molar-refractivity contribution is 7.10. The molecule has 0 saturated carbocycles. The summed E-state index contributed by atoms with van der Waals surface area (Å²) in [5.41, 5.74) is 1.02. The average Bonchev–Trinajstić information content (AvgIpc) is 2.98. The Balaban J connectivity index is 2.14. The van der Waals surface area contributed by atoms with Crippen molar-refractivity contribution in [3.05, 3.63) is 57.8 Å². The number of rotatable bonds is 4. The molecular weight excluding hydrogens is 256 g/mol. The molecule has 3 nitrogen and oxygen atoms in total. The van der Waals surface area contributed by atoms with Gasteiger partial charge >= 0.3 is 0 Å². The van der Waals surface area contributed by atoms with Crippen LogP contribution in [-0.4, -0.2) is 5.91 Å². The van der Waals surface area contributed by atoms with Gasteiger partial charge < -0.3 is 5.32 Å². The summed E-state index contributed by atoms with van der Waals surface area (Å²) in [7, 11) is 0. The van der Waals surface area contributed by atoms with E-state index < -0.39 is 0 Å². The molecule has 1 heterocycles. The summed E-state index contributed by atoms with van der Waals surface area (Å²) in [5.74, 6) is -0.141. The van der Waals surface area contributed by atoms with Crippen LogP contribution in [0.1, 0.15) is 40.2 Å². The van der Waals surface area contributed by atoms with E-state index in [1.807, 2.05) is 30.5 Å². The molecule has 0 aliphatic heterocycles. The second-order valence-corrected chi connectivity index (χ2v) is 5.12. The van der Waals surface area contributed by atoms with Crippen LogP contribution >= 0.6 is 11.3 Å². The molecule has 1 unspecified atom stereocenters. The van der Waals surface area contributed by atoms with Crippen LogP contribution in [-0.2, 0) is 0 Å². The Bertz CT molecular complexity index is 599. The molecule has 2 aromatic rings. The highest BCUT2D eigenvalue weighted by Crippen LogP contribution is 2.22. The first kappa shape index (κ1) is 13.3. The van der Waals surface area contributed by atoms with E-state index in [-0.39, 0.29) is 11.9 Å². The molecule has 0 radical (unpaired) electrons. The first-order valence-corrected chi connectivity index (χ1v) is 6.97. The summed E-state index contributed by atoms with van der Waals surface area (Å²) >= 11 is 1.63. The molecular formula is C15H14N2OS. The Kier molecular flexibility index (Phi) is 4.32. The normalized spacial score (nSPS) is 11.6. The van der Waals surface area contributed by atoms with Crippen LogP contribution in [0.5, 0.6) is 0 Å². The van der Waals surface area contributed by atoms with Crippen LogP contribution < -0.4 is 5.32 Å². The summed E-state index contributed by atoms with van der Waals surface area (Å²) in [5, 5.41) is 13.8. The zero-order valence-electron chi connectivity index (χ0n) is 10.6. The second kappa shape index (κ2) is 6.17. The smallest absolute Gasteiger partial charge is 0.251 e. The number of hydrogen-bond acceptors (Lipinski definition) is 3. The molecule has 1 amide bonds. The third-order valence-electron chi connectivity index (χ3n) is 2.85. The van der Waals surface area contributed by atoms with Gasteiger partial charge in [0.2, 0.25) is 0 Å². The Morgan fingerprint density at radius 3 is 2.89 bits per heavy atom. The topological polar surface area (TPSA) is 52.9 Å². The SMILES string of the molecule is CCC(NC(=O)c1cccc(C#N)c1)c1cccs1. The number of nitrogens with one attached hydrogen (secondary N) is 1. The molecule has 0 bridgehead atoms. The molecule has 4 heteroatoms. The number of nitriles is 1. The zero-order valence-corrected chi connectivity index (χ0v) is 11.4. The summed E-state index contributed by atoms with van der Waals surface area (Å²) in [6, 6.07) is 12.8. The summed E-state index contributed by atoms with van der Waals surface area (Å²) < 4.78 is 0. The lowest BCUT2D eigenvalue weighted by atomic mass is 10.1. The quantitative estimate of drug-likeness (QED) is 0.924. The van der Waals surface area contributed by atoms with Crippen LogP contribution in [0, 0.1) is 11.3 Å². The molecule has 0 aliphatic carbocycles. The van der Waals surface area contributed by atoms with Crippen LogP contribution in [0.15, 0.2) is 41.8 Å². The molecule has 96 valence electrons. The third kappa shape index (κ3) is 3.21. The van der Waals surface area contributed by atoms with Crippen molar-refractivity contribution in [1.29, 1.82) is 5.26 Å². The molecule has 1 atom stereocenters. The van der Waals surface area contributed by atoms with E-state index in [4.69, 9.17) is 5.26 Å². The Morgan fingerprint density at radius 2 is 2.26 bits per heavy atom. The summed E-state index contributed by atoms with van der Waals surface area (Å²) in [4.78, 5) is 13.3. The maximum atomic E-state index is 12.2. The fourth-order valence-electron chi connectivity index (χ4n) is 1.84. The van der Waals surface area contributed by atoms with Gasteiger partial charge in [0.25, 0.3) is 5.91 Å². The number of carbonyl (C=O) groups is 1. The zero-order chi connectivity index (χ0) is 13.7. The molecule has 0 aliphatic rings. The maximum Gasteiger partial charge on any atom is 0.251 e. The highest BCUT2D eigenvalue weighted by Gasteiger charge is 2.14. The fraction of sp³-hybridized carbons (Fsp3) is 0.200. The maximum absolute atomic E-state index is 12.2. The van der Waals surface area contributed by atoms with Crippen molar-refractivity contribution in [1.82, 2.24) is 5.32 Å². The van der Waals surface area contributed by atoms with Crippen LogP contribution in [0.4, 0.5) is 0 Å². The van der Waals surface area contributed by atoms with Gasteiger partial charge in [-0.15, -0.1) is 11.3 Å². The minimum absolute atomic E-state index is 0.0261. The first-order valence-electron chi connectivity index (χ1n) is 6.09. The molecule has 0 fully saturated rings. The van der Waals surface area contributed by atoms with E-state index in [0.717, 1.165) is 11.3 Å². The van der Waals surface area contributed by atoms with E-state index in [1.165, 1.54) is 0 Å². The molecule has 1 aromatic heterocycles. The minimum atomic E-state index is -0.141. The third-order valence-corrected chi connectivity index (χ3v) is 3.84. The summed E-state index contributed by atoms with van der Waals surface area (Å²) in [6.45, 7) is 2.04. The molecule has 0 saturated heterocycles. The van der Waals surface area contributed by atoms with Gasteiger partial charge in [0.1, 0.15) is 0 Å². The van der Waals surface area contributed by atoms with E-state index in [9.17, 15) is 4.79 Å². The fourth-order valence-corrected chi connectivity index (χ4v) is 2.70. The number of amides is 1. The van der Waals surface area contributed by atoms with Crippen molar-refractivity contribution in [3.8, 4) is 6.07 Å².